The lowest BCUT2D eigenvalue weighted by atomic mass is 10.1. The van der Waals surface area contributed by atoms with Crippen molar-refractivity contribution in [3.05, 3.63) is 65.2 Å². The number of thioether (sulfide) groups is 1. The van der Waals surface area contributed by atoms with Gasteiger partial charge in [0.2, 0.25) is 5.91 Å². The lowest BCUT2D eigenvalue weighted by Gasteiger charge is -2.12. The first-order valence-electron chi connectivity index (χ1n) is 9.27. The molecule has 0 aliphatic heterocycles. The molecule has 0 fully saturated rings. The Labute approximate surface area is 173 Å². The van der Waals surface area contributed by atoms with Crippen LogP contribution in [0.2, 0.25) is 0 Å². The average molecular weight is 415 g/mol. The Morgan fingerprint density at radius 2 is 1.83 bits per heavy atom. The predicted octanol–water partition coefficient (Wildman–Crippen LogP) is 4.36. The molecule has 0 atom stereocenters. The Balaban J connectivity index is 1.60. The number of para-hydroxylation sites is 1. The number of benzene rings is 2. The summed E-state index contributed by atoms with van der Waals surface area (Å²) >= 11 is 1.30. The molecule has 8 heteroatoms. The first-order valence-corrected chi connectivity index (χ1v) is 10.3. The van der Waals surface area contributed by atoms with Gasteiger partial charge in [-0.05, 0) is 56.2 Å². The van der Waals surface area contributed by atoms with Gasteiger partial charge in [-0.1, -0.05) is 30.0 Å². The van der Waals surface area contributed by atoms with E-state index >= 15 is 0 Å². The minimum absolute atomic E-state index is 0.174. The van der Waals surface area contributed by atoms with Gasteiger partial charge in [0, 0.05) is 12.2 Å². The quantitative estimate of drug-likeness (QED) is 0.555. The smallest absolute Gasteiger partial charge is 0.234 e. The summed E-state index contributed by atoms with van der Waals surface area (Å²) in [4.78, 5) is 12.2. The van der Waals surface area contributed by atoms with Gasteiger partial charge in [-0.2, -0.15) is 0 Å². The Kier molecular flexibility index (Phi) is 6.87. The molecular formula is C21H23FN4O2S. The fourth-order valence-electron chi connectivity index (χ4n) is 2.87. The maximum atomic E-state index is 12.9. The van der Waals surface area contributed by atoms with E-state index in [2.05, 4.69) is 15.5 Å². The number of nitrogens with zero attached hydrogens (tertiary/aromatic N) is 3. The van der Waals surface area contributed by atoms with Crippen LogP contribution < -0.4 is 10.1 Å². The van der Waals surface area contributed by atoms with Crippen LogP contribution in [0.15, 0.2) is 47.6 Å². The molecule has 0 aliphatic rings. The third-order valence-corrected chi connectivity index (χ3v) is 5.29. The van der Waals surface area contributed by atoms with E-state index in [0.29, 0.717) is 29.8 Å². The van der Waals surface area contributed by atoms with Crippen molar-refractivity contribution >= 4 is 23.4 Å². The van der Waals surface area contributed by atoms with E-state index in [1.54, 1.807) is 0 Å². The van der Waals surface area contributed by atoms with Crippen molar-refractivity contribution in [2.24, 2.45) is 0 Å². The summed E-state index contributed by atoms with van der Waals surface area (Å²) in [5.74, 6) is 1.19. The van der Waals surface area contributed by atoms with E-state index < -0.39 is 0 Å². The monoisotopic (exact) mass is 414 g/mol. The number of carbonyl (C=O) groups excluding carboxylic acids is 1. The summed E-state index contributed by atoms with van der Waals surface area (Å²) in [6.45, 7) is 6.98. The average Bonchev–Trinajstić information content (AvgIpc) is 3.09. The molecule has 0 bridgehead atoms. The molecule has 2 aromatic carbocycles. The Morgan fingerprint density at radius 3 is 2.48 bits per heavy atom. The zero-order valence-electron chi connectivity index (χ0n) is 16.6. The molecule has 0 aliphatic carbocycles. The molecule has 1 amide bonds. The zero-order valence-corrected chi connectivity index (χ0v) is 17.4. The molecule has 3 rings (SSSR count). The summed E-state index contributed by atoms with van der Waals surface area (Å²) in [7, 11) is 0. The topological polar surface area (TPSA) is 69.0 Å². The molecule has 0 unspecified atom stereocenters. The van der Waals surface area contributed by atoms with Gasteiger partial charge in [-0.3, -0.25) is 4.79 Å². The van der Waals surface area contributed by atoms with Crippen LogP contribution in [0.5, 0.6) is 5.75 Å². The third-order valence-electron chi connectivity index (χ3n) is 4.32. The van der Waals surface area contributed by atoms with Crippen LogP contribution in [-0.2, 0) is 17.9 Å². The highest BCUT2D eigenvalue weighted by molar-refractivity contribution is 7.99. The number of hydrogen-bond acceptors (Lipinski definition) is 5. The SMILES string of the molecule is CCn1c(COc2c(C)cccc2C)nnc1SCC(=O)Nc1ccc(F)cc1. The molecule has 152 valence electrons. The predicted molar refractivity (Wildman–Crippen MR) is 112 cm³/mol. The molecule has 1 aromatic heterocycles. The normalized spacial score (nSPS) is 10.8. The number of aromatic nitrogens is 3. The summed E-state index contributed by atoms with van der Waals surface area (Å²) in [6, 6.07) is 11.7. The van der Waals surface area contributed by atoms with Gasteiger partial charge in [0.15, 0.2) is 11.0 Å². The second-order valence-corrected chi connectivity index (χ2v) is 7.44. The number of nitrogens with one attached hydrogen (secondary N) is 1. The van der Waals surface area contributed by atoms with Crippen LogP contribution in [0.3, 0.4) is 0 Å². The summed E-state index contributed by atoms with van der Waals surface area (Å²) in [5, 5.41) is 11.8. The van der Waals surface area contributed by atoms with Gasteiger partial charge in [0.05, 0.1) is 5.75 Å². The number of anilines is 1. The summed E-state index contributed by atoms with van der Waals surface area (Å²) in [5.41, 5.74) is 2.69. The van der Waals surface area contributed by atoms with Crippen LogP contribution in [0.4, 0.5) is 10.1 Å². The standard InChI is InChI=1S/C21H23FN4O2S/c1-4-26-18(12-28-20-14(2)6-5-7-15(20)3)24-25-21(26)29-13-19(27)23-17-10-8-16(22)9-11-17/h5-11H,4,12-13H2,1-3H3,(H,23,27). The van der Waals surface area contributed by atoms with Crippen molar-refractivity contribution in [2.45, 2.75) is 39.1 Å². The largest absolute Gasteiger partial charge is 0.485 e. The Bertz CT molecular complexity index is 969. The van der Waals surface area contributed by atoms with Crippen LogP contribution in [0.25, 0.3) is 0 Å². The maximum absolute atomic E-state index is 12.9. The highest BCUT2D eigenvalue weighted by Crippen LogP contribution is 2.24. The highest BCUT2D eigenvalue weighted by Gasteiger charge is 2.15. The molecule has 3 aromatic rings. The number of hydrogen-bond donors (Lipinski definition) is 1. The number of halogens is 1. The van der Waals surface area contributed by atoms with Crippen molar-refractivity contribution in [1.29, 1.82) is 0 Å². The van der Waals surface area contributed by atoms with Gasteiger partial charge in [0.1, 0.15) is 18.2 Å². The van der Waals surface area contributed by atoms with Gasteiger partial charge in [-0.15, -0.1) is 10.2 Å². The molecule has 29 heavy (non-hydrogen) atoms. The number of carbonyl (C=O) groups is 1. The second kappa shape index (κ2) is 9.56. The first-order chi connectivity index (χ1) is 14.0. The number of aryl methyl sites for hydroxylation is 2. The van der Waals surface area contributed by atoms with Gasteiger partial charge >= 0.3 is 0 Å². The first kappa shape index (κ1) is 20.9. The van der Waals surface area contributed by atoms with Crippen LogP contribution in [0.1, 0.15) is 23.9 Å². The van der Waals surface area contributed by atoms with Crippen molar-refractivity contribution < 1.29 is 13.9 Å². The van der Waals surface area contributed by atoms with E-state index in [0.717, 1.165) is 16.9 Å². The molecular weight excluding hydrogens is 391 g/mol. The van der Waals surface area contributed by atoms with Crippen molar-refractivity contribution in [2.75, 3.05) is 11.1 Å². The molecule has 0 saturated heterocycles. The van der Waals surface area contributed by atoms with Crippen molar-refractivity contribution in [1.82, 2.24) is 14.8 Å². The molecule has 1 N–H and O–H groups in total. The zero-order chi connectivity index (χ0) is 20.8. The number of rotatable bonds is 8. The second-order valence-electron chi connectivity index (χ2n) is 6.50. The van der Waals surface area contributed by atoms with Gasteiger partial charge in [-0.25, -0.2) is 4.39 Å². The van der Waals surface area contributed by atoms with Crippen molar-refractivity contribution in [3.8, 4) is 5.75 Å². The minimum Gasteiger partial charge on any atom is -0.485 e. The lowest BCUT2D eigenvalue weighted by molar-refractivity contribution is -0.113. The molecule has 0 saturated carbocycles. The number of ether oxygens (including phenoxy) is 1. The van der Waals surface area contributed by atoms with Gasteiger partial charge < -0.3 is 14.6 Å². The molecule has 1 heterocycles. The summed E-state index contributed by atoms with van der Waals surface area (Å²) in [6.07, 6.45) is 0. The lowest BCUT2D eigenvalue weighted by Crippen LogP contribution is -2.15. The van der Waals surface area contributed by atoms with Gasteiger partial charge in [0.25, 0.3) is 0 Å². The number of amides is 1. The minimum atomic E-state index is -0.343. The Morgan fingerprint density at radius 1 is 1.14 bits per heavy atom. The fourth-order valence-corrected chi connectivity index (χ4v) is 3.70. The maximum Gasteiger partial charge on any atom is 0.234 e. The summed E-state index contributed by atoms with van der Waals surface area (Å²) < 4.78 is 20.9. The van der Waals surface area contributed by atoms with Crippen LogP contribution >= 0.6 is 11.8 Å². The third kappa shape index (κ3) is 5.35. The van der Waals surface area contributed by atoms with E-state index in [9.17, 15) is 9.18 Å². The van der Waals surface area contributed by atoms with E-state index in [-0.39, 0.29) is 17.5 Å². The molecule has 0 spiro atoms. The van der Waals surface area contributed by atoms with E-state index in [1.807, 2.05) is 43.5 Å². The fraction of sp³-hybridized carbons (Fsp3) is 0.286. The molecule has 0 radical (unpaired) electrons. The van der Waals surface area contributed by atoms with E-state index in [4.69, 9.17) is 4.74 Å². The highest BCUT2D eigenvalue weighted by atomic mass is 32.2. The van der Waals surface area contributed by atoms with E-state index in [1.165, 1.54) is 36.0 Å². The van der Waals surface area contributed by atoms with Crippen molar-refractivity contribution in [3.63, 3.8) is 0 Å². The molecule has 6 nitrogen and oxygen atoms in total. The van der Waals surface area contributed by atoms with Crippen LogP contribution in [-0.4, -0.2) is 26.4 Å². The Hall–Kier alpha value is -2.87. The van der Waals surface area contributed by atoms with Crippen LogP contribution in [0, 0.1) is 19.7 Å².